The van der Waals surface area contributed by atoms with Gasteiger partial charge in [0.25, 0.3) is 23.6 Å². The molecule has 4 aromatic rings. The minimum absolute atomic E-state index is 0.00604. The van der Waals surface area contributed by atoms with Crippen molar-refractivity contribution in [3.05, 3.63) is 95.1 Å². The summed E-state index contributed by atoms with van der Waals surface area (Å²) < 4.78 is 22.2. The fourth-order valence-electron chi connectivity index (χ4n) is 9.88. The lowest BCUT2D eigenvalue weighted by molar-refractivity contribution is -0.126. The molecule has 0 aliphatic rings. The van der Waals surface area contributed by atoms with Crippen molar-refractivity contribution in [3.63, 3.8) is 0 Å². The van der Waals surface area contributed by atoms with E-state index in [1.807, 2.05) is 0 Å². The lowest BCUT2D eigenvalue weighted by Gasteiger charge is -2.22. The number of nitrogens with one attached hydrogen (secondary N) is 20. The standard InChI is InChI=1S/C64H95N27O13/c1-101-46-19-15-35(85-55(97)42(10-6-24-79-60(68)69)88-50(92)14-4-5-23-78-59(66)67)31-39(46)52(94)90-44(12-8-26-81-62(72)73)57(99)87-37-17-21-48(103-3)41(33-37)54(96)91-45(13-9-27-82-63(74)75)58(100)86-36-16-20-47(102-2)40(32-36)53(95)89-43(11-7-25-80-61(70)71)56(98)84-34-18-22-49(38(30-34)51(65)93)104-29-28-83-64(76)77/h15-22,30-33,42-45H,4-14,23-29H2,1-3H3,(H2,65,93)(H,84,98)(H,85,97)(H,86,100)(H,87,99)(H,88,92)(H,89,95)(H,90,94)(H,91,96)(H4,66,67,78)(H4,68,69,79)(H4,70,71,80)(H4,72,73,81)(H4,74,75,82)(H4,76,77,83)/t42-,43-,44-,45-/m1/s1. The lowest BCUT2D eigenvalue weighted by atomic mass is 10.1. The highest BCUT2D eigenvalue weighted by atomic mass is 16.5. The fourth-order valence-corrected chi connectivity index (χ4v) is 9.88. The van der Waals surface area contributed by atoms with Gasteiger partial charge in [-0.25, -0.2) is 0 Å². The van der Waals surface area contributed by atoms with Gasteiger partial charge in [0.15, 0.2) is 35.8 Å². The van der Waals surface area contributed by atoms with Gasteiger partial charge in [-0.3, -0.25) is 75.6 Å². The maximum absolute atomic E-state index is 14.5. The van der Waals surface area contributed by atoms with Gasteiger partial charge in [0.2, 0.25) is 29.5 Å². The van der Waals surface area contributed by atoms with Crippen LogP contribution in [-0.2, 0) is 24.0 Å². The second-order valence-electron chi connectivity index (χ2n) is 22.9. The van der Waals surface area contributed by atoms with Crippen molar-refractivity contribution in [2.75, 3.05) is 88.5 Å². The molecule has 4 rings (SSSR count). The zero-order valence-electron chi connectivity index (χ0n) is 57.8. The van der Waals surface area contributed by atoms with E-state index in [9.17, 15) is 43.2 Å². The van der Waals surface area contributed by atoms with E-state index in [0.29, 0.717) is 25.8 Å². The SMILES string of the molecule is COc1ccc(NC(=O)[C@@H](CCCNC(=N)N)NC(=O)CCCCNC(=N)N)cc1C(=O)N[C@H](CCCNC(=N)N)C(=O)Nc1ccc(OC)c(C(=O)N[C@H](CCCNC(=N)N)C(=O)Nc2ccc(OC)c(C(=O)N[C@H](CCCNC(=N)N)C(=O)Nc3ccc(OCCNC(=N)N)c(C(N)=O)c3)c2)c1. The van der Waals surface area contributed by atoms with Crippen LogP contribution in [0.25, 0.3) is 0 Å². The van der Waals surface area contributed by atoms with Gasteiger partial charge >= 0.3 is 0 Å². The number of benzene rings is 4. The zero-order chi connectivity index (χ0) is 76.8. The molecule has 0 fully saturated rings. The number of nitrogens with two attached hydrogens (primary N) is 7. The molecule has 564 valence electrons. The van der Waals surface area contributed by atoms with Gasteiger partial charge in [-0.2, -0.15) is 0 Å². The van der Waals surface area contributed by atoms with Crippen LogP contribution in [0, 0.1) is 32.5 Å². The monoisotopic (exact) mass is 1450 g/mol. The smallest absolute Gasteiger partial charge is 0.255 e. The fraction of sp³-hybridized carbons (Fsp3) is 0.391. The molecule has 0 heterocycles. The Kier molecular flexibility index (Phi) is 34.8. The highest BCUT2D eigenvalue weighted by Gasteiger charge is 2.30. The van der Waals surface area contributed by atoms with E-state index in [-0.39, 0.29) is 194 Å². The first-order valence-electron chi connectivity index (χ1n) is 32.6. The summed E-state index contributed by atoms with van der Waals surface area (Å²) in [4.78, 5) is 125. The highest BCUT2D eigenvalue weighted by Crippen LogP contribution is 2.28. The van der Waals surface area contributed by atoms with Gasteiger partial charge < -0.3 is 134 Å². The molecule has 4 atom stereocenters. The highest BCUT2D eigenvalue weighted by molar-refractivity contribution is 6.08. The van der Waals surface area contributed by atoms with Crippen molar-refractivity contribution in [2.45, 2.75) is 94.8 Å². The summed E-state index contributed by atoms with van der Waals surface area (Å²) >= 11 is 0. The Balaban J connectivity index is 1.60. The summed E-state index contributed by atoms with van der Waals surface area (Å²) in [5, 5.41) is 82.4. The van der Waals surface area contributed by atoms with E-state index >= 15 is 0 Å². The third kappa shape index (κ3) is 29.8. The summed E-state index contributed by atoms with van der Waals surface area (Å²) in [6.07, 6.45) is 1.78. The first kappa shape index (κ1) is 83.4. The minimum Gasteiger partial charge on any atom is -0.496 e. The van der Waals surface area contributed by atoms with Crippen LogP contribution < -0.4 is 134 Å². The molecule has 0 saturated heterocycles. The molecule has 0 radical (unpaired) electrons. The summed E-state index contributed by atoms with van der Waals surface area (Å²) in [6, 6.07) is 11.3. The summed E-state index contributed by atoms with van der Waals surface area (Å²) in [6.45, 7) is 1.03. The van der Waals surface area contributed by atoms with Crippen LogP contribution >= 0.6 is 0 Å². The molecule has 34 N–H and O–H groups in total. The van der Waals surface area contributed by atoms with Gasteiger partial charge in [-0.1, -0.05) is 0 Å². The van der Waals surface area contributed by atoms with Crippen LogP contribution in [0.4, 0.5) is 22.7 Å². The maximum atomic E-state index is 14.5. The number of primary amides is 1. The van der Waals surface area contributed by atoms with Crippen LogP contribution in [-0.4, -0.2) is 180 Å². The van der Waals surface area contributed by atoms with Crippen molar-refractivity contribution < 1.29 is 62.1 Å². The molecule has 0 spiro atoms. The summed E-state index contributed by atoms with van der Waals surface area (Å²) in [5.41, 5.74) is 37.9. The van der Waals surface area contributed by atoms with Gasteiger partial charge in [-0.05, 0) is 137 Å². The van der Waals surface area contributed by atoms with E-state index in [4.69, 9.17) is 91.5 Å². The average molecular weight is 1450 g/mol. The van der Waals surface area contributed by atoms with E-state index < -0.39 is 77.3 Å². The van der Waals surface area contributed by atoms with E-state index in [2.05, 4.69) is 74.4 Å². The molecule has 4 aromatic carbocycles. The summed E-state index contributed by atoms with van der Waals surface area (Å²) in [7, 11) is 3.86. The molecule has 40 heteroatoms. The minimum atomic E-state index is -1.37. The van der Waals surface area contributed by atoms with Crippen molar-refractivity contribution in [1.29, 1.82) is 32.5 Å². The predicted molar refractivity (Wildman–Crippen MR) is 390 cm³/mol. The lowest BCUT2D eigenvalue weighted by Crippen LogP contribution is -2.45. The van der Waals surface area contributed by atoms with Crippen LogP contribution in [0.15, 0.2) is 72.8 Å². The largest absolute Gasteiger partial charge is 0.496 e. The Morgan fingerprint density at radius 2 is 0.615 bits per heavy atom. The second kappa shape index (κ2) is 43.5. The molecule has 0 aromatic heterocycles. The Hall–Kier alpha value is -13.1. The number of ether oxygens (including phenoxy) is 4. The van der Waals surface area contributed by atoms with Crippen molar-refractivity contribution in [3.8, 4) is 23.0 Å². The van der Waals surface area contributed by atoms with Crippen molar-refractivity contribution in [1.82, 2.24) is 53.2 Å². The van der Waals surface area contributed by atoms with Crippen LogP contribution in [0.5, 0.6) is 23.0 Å². The van der Waals surface area contributed by atoms with Gasteiger partial charge in [0, 0.05) is 61.9 Å². The van der Waals surface area contributed by atoms with Gasteiger partial charge in [-0.15, -0.1) is 0 Å². The van der Waals surface area contributed by atoms with Crippen LogP contribution in [0.3, 0.4) is 0 Å². The van der Waals surface area contributed by atoms with Gasteiger partial charge in [0.05, 0.1) is 50.1 Å². The van der Waals surface area contributed by atoms with Crippen molar-refractivity contribution >= 4 is 112 Å². The Bertz CT molecular complexity index is 3740. The first-order valence-corrected chi connectivity index (χ1v) is 32.6. The molecule has 0 saturated carbocycles. The van der Waals surface area contributed by atoms with E-state index in [0.717, 1.165) is 0 Å². The zero-order valence-corrected chi connectivity index (χ0v) is 57.8. The molecule has 0 unspecified atom stereocenters. The molecule has 104 heavy (non-hydrogen) atoms. The van der Waals surface area contributed by atoms with E-state index in [1.165, 1.54) is 94.1 Å². The third-order valence-corrected chi connectivity index (χ3v) is 14.9. The molecule has 0 bridgehead atoms. The summed E-state index contributed by atoms with van der Waals surface area (Å²) in [5.74, 6) is -8.58. The number of amides is 9. The van der Waals surface area contributed by atoms with Crippen LogP contribution in [0.2, 0.25) is 0 Å². The number of guanidine groups is 6. The Morgan fingerprint density at radius 1 is 0.346 bits per heavy atom. The Labute approximate surface area is 598 Å². The molecule has 0 aliphatic carbocycles. The van der Waals surface area contributed by atoms with Crippen molar-refractivity contribution in [2.24, 2.45) is 40.1 Å². The maximum Gasteiger partial charge on any atom is 0.255 e. The molecule has 0 aliphatic heterocycles. The molecular weight excluding hydrogens is 1350 g/mol. The number of hydrogen-bond acceptors (Lipinski definition) is 19. The number of carbonyl (C=O) groups excluding carboxylic acids is 9. The number of unbranched alkanes of at least 4 members (excludes halogenated alkanes) is 1. The topological polar surface area (TPSA) is 684 Å². The number of carbonyl (C=O) groups is 9. The first-order chi connectivity index (χ1) is 49.5. The predicted octanol–water partition coefficient (Wildman–Crippen LogP) is -1.99. The number of methoxy groups -OCH3 is 3. The second-order valence-corrected chi connectivity index (χ2v) is 22.9. The quantitative estimate of drug-likeness (QED) is 0.0130. The number of rotatable bonds is 44. The Morgan fingerprint density at radius 3 is 0.904 bits per heavy atom. The molecule has 40 nitrogen and oxygen atoms in total. The van der Waals surface area contributed by atoms with Crippen LogP contribution in [0.1, 0.15) is 112 Å². The molecule has 9 amide bonds. The number of anilines is 4. The molecular formula is C64H95N27O13. The normalized spacial score (nSPS) is 11.6. The third-order valence-electron chi connectivity index (χ3n) is 14.9. The van der Waals surface area contributed by atoms with E-state index in [1.54, 1.807) is 0 Å². The van der Waals surface area contributed by atoms with Gasteiger partial charge in [0.1, 0.15) is 53.8 Å². The number of hydrogen-bond donors (Lipinski definition) is 27. The average Bonchev–Trinajstić information content (AvgIpc) is 0.836.